The zero-order valence-corrected chi connectivity index (χ0v) is 24.8. The summed E-state index contributed by atoms with van der Waals surface area (Å²) in [4.78, 5) is 28.6. The Morgan fingerprint density at radius 1 is 0.925 bits per heavy atom. The average molecular weight is 586 g/mol. The first-order chi connectivity index (χ1) is 19.1. The molecule has 0 heterocycles. The number of sulfonamides is 1. The molecule has 3 rings (SSSR count). The Bertz CT molecular complexity index is 1380. The number of hydrogen-bond acceptors (Lipinski definition) is 5. The molecule has 0 radical (unpaired) electrons. The van der Waals surface area contributed by atoms with Gasteiger partial charge >= 0.3 is 0 Å². The third-order valence-corrected chi connectivity index (χ3v) is 8.32. The zero-order valence-electron chi connectivity index (χ0n) is 23.2. The number of para-hydroxylation sites is 1. The third kappa shape index (κ3) is 7.76. The summed E-state index contributed by atoms with van der Waals surface area (Å²) in [6, 6.07) is 20.6. The van der Waals surface area contributed by atoms with Crippen molar-refractivity contribution in [3.8, 4) is 5.75 Å². The molecule has 0 fully saturated rings. The topological polar surface area (TPSA) is 96.0 Å². The van der Waals surface area contributed by atoms with Crippen molar-refractivity contribution in [3.63, 3.8) is 0 Å². The maximum absolute atomic E-state index is 14.0. The molecule has 1 unspecified atom stereocenters. The number of ether oxygens (including phenoxy) is 1. The summed E-state index contributed by atoms with van der Waals surface area (Å²) >= 11 is 6.42. The van der Waals surface area contributed by atoms with Crippen molar-refractivity contribution in [2.24, 2.45) is 0 Å². The minimum Gasteiger partial charge on any atom is -0.494 e. The van der Waals surface area contributed by atoms with Crippen molar-refractivity contribution in [1.29, 1.82) is 0 Å². The molecule has 0 aliphatic carbocycles. The highest BCUT2D eigenvalue weighted by Gasteiger charge is 2.34. The van der Waals surface area contributed by atoms with Crippen molar-refractivity contribution in [1.82, 2.24) is 10.2 Å². The highest BCUT2D eigenvalue weighted by atomic mass is 35.5. The van der Waals surface area contributed by atoms with Gasteiger partial charge in [-0.15, -0.1) is 0 Å². The number of carbonyl (C=O) groups is 2. The number of carbonyl (C=O) groups excluding carboxylic acids is 2. The molecular weight excluding hydrogens is 550 g/mol. The molecule has 1 atom stereocenters. The largest absolute Gasteiger partial charge is 0.494 e. The van der Waals surface area contributed by atoms with Crippen LogP contribution in [0, 0.1) is 0 Å². The Kier molecular flexibility index (Phi) is 11.0. The van der Waals surface area contributed by atoms with Gasteiger partial charge in [-0.3, -0.25) is 13.9 Å². The number of nitrogens with one attached hydrogen (secondary N) is 1. The fourth-order valence-corrected chi connectivity index (χ4v) is 5.84. The van der Waals surface area contributed by atoms with Gasteiger partial charge < -0.3 is 15.0 Å². The SMILES string of the molecule is CCOc1ccc(S(=O)(=O)N(CC(=O)N(Cc2ccccc2Cl)C(CC)C(=O)NC(C)C)c2ccccc2)cc1. The summed E-state index contributed by atoms with van der Waals surface area (Å²) in [6.45, 7) is 7.29. The van der Waals surface area contributed by atoms with E-state index in [0.29, 0.717) is 35.1 Å². The lowest BCUT2D eigenvalue weighted by Gasteiger charge is -2.33. The van der Waals surface area contributed by atoms with Crippen LogP contribution in [0.3, 0.4) is 0 Å². The second kappa shape index (κ2) is 14.2. The van der Waals surface area contributed by atoms with E-state index >= 15 is 0 Å². The molecule has 0 saturated heterocycles. The van der Waals surface area contributed by atoms with Crippen LogP contribution in [0.15, 0.2) is 83.8 Å². The van der Waals surface area contributed by atoms with Crippen LogP contribution in [0.25, 0.3) is 0 Å². The molecule has 2 amide bonds. The Labute approximate surface area is 241 Å². The number of rotatable bonds is 13. The molecule has 40 heavy (non-hydrogen) atoms. The number of halogens is 1. The van der Waals surface area contributed by atoms with Gasteiger partial charge in [-0.25, -0.2) is 8.42 Å². The van der Waals surface area contributed by atoms with Crippen LogP contribution in [0.5, 0.6) is 5.75 Å². The molecule has 0 aromatic heterocycles. The van der Waals surface area contributed by atoms with E-state index in [2.05, 4.69) is 5.32 Å². The molecule has 1 N–H and O–H groups in total. The van der Waals surface area contributed by atoms with Gasteiger partial charge in [-0.1, -0.05) is 54.9 Å². The van der Waals surface area contributed by atoms with E-state index in [0.717, 1.165) is 4.31 Å². The Morgan fingerprint density at radius 3 is 2.12 bits per heavy atom. The molecule has 3 aromatic carbocycles. The minimum atomic E-state index is -4.16. The fraction of sp³-hybridized carbons (Fsp3) is 0.333. The van der Waals surface area contributed by atoms with E-state index < -0.39 is 28.5 Å². The van der Waals surface area contributed by atoms with Crippen LogP contribution in [0.2, 0.25) is 5.02 Å². The monoisotopic (exact) mass is 585 g/mol. The number of benzene rings is 3. The molecule has 0 spiro atoms. The van der Waals surface area contributed by atoms with Crippen LogP contribution in [-0.2, 0) is 26.2 Å². The summed E-state index contributed by atoms with van der Waals surface area (Å²) in [5.41, 5.74) is 0.969. The van der Waals surface area contributed by atoms with Crippen molar-refractivity contribution < 1.29 is 22.7 Å². The quantitative estimate of drug-likeness (QED) is 0.295. The zero-order chi connectivity index (χ0) is 29.3. The summed E-state index contributed by atoms with van der Waals surface area (Å²) in [7, 11) is -4.16. The molecule has 0 aliphatic rings. The predicted molar refractivity (Wildman–Crippen MR) is 158 cm³/mol. The lowest BCUT2D eigenvalue weighted by molar-refractivity contribution is -0.140. The van der Waals surface area contributed by atoms with Gasteiger partial charge in [0.05, 0.1) is 17.2 Å². The average Bonchev–Trinajstić information content (AvgIpc) is 2.93. The highest BCUT2D eigenvalue weighted by molar-refractivity contribution is 7.92. The maximum atomic E-state index is 14.0. The van der Waals surface area contributed by atoms with Gasteiger partial charge in [-0.2, -0.15) is 0 Å². The van der Waals surface area contributed by atoms with Gasteiger partial charge in [0.2, 0.25) is 11.8 Å². The first kappa shape index (κ1) is 31.0. The second-order valence-corrected chi connectivity index (χ2v) is 11.7. The summed E-state index contributed by atoms with van der Waals surface area (Å²) in [5.74, 6) is -0.320. The van der Waals surface area contributed by atoms with Crippen LogP contribution < -0.4 is 14.4 Å². The van der Waals surface area contributed by atoms with Gasteiger partial charge in [0.25, 0.3) is 10.0 Å². The Hall–Kier alpha value is -3.56. The van der Waals surface area contributed by atoms with Gasteiger partial charge in [0.1, 0.15) is 18.3 Å². The predicted octanol–water partition coefficient (Wildman–Crippen LogP) is 5.27. The first-order valence-electron chi connectivity index (χ1n) is 13.2. The molecule has 0 bridgehead atoms. The van der Waals surface area contributed by atoms with Gasteiger partial charge in [-0.05, 0) is 75.2 Å². The second-order valence-electron chi connectivity index (χ2n) is 9.45. The van der Waals surface area contributed by atoms with Crippen molar-refractivity contribution >= 4 is 39.1 Å². The van der Waals surface area contributed by atoms with E-state index in [1.54, 1.807) is 66.7 Å². The third-order valence-electron chi connectivity index (χ3n) is 6.16. The summed E-state index contributed by atoms with van der Waals surface area (Å²) < 4.78 is 34.3. The molecule has 3 aromatic rings. The van der Waals surface area contributed by atoms with E-state index in [-0.39, 0.29) is 23.4 Å². The molecule has 214 valence electrons. The first-order valence-corrected chi connectivity index (χ1v) is 15.0. The van der Waals surface area contributed by atoms with Crippen molar-refractivity contribution in [2.75, 3.05) is 17.5 Å². The lowest BCUT2D eigenvalue weighted by Crippen LogP contribution is -2.53. The lowest BCUT2D eigenvalue weighted by atomic mass is 10.1. The fourth-order valence-electron chi connectivity index (χ4n) is 4.24. The molecule has 0 saturated carbocycles. The van der Waals surface area contributed by atoms with Gasteiger partial charge in [0.15, 0.2) is 0 Å². The van der Waals surface area contributed by atoms with E-state index in [4.69, 9.17) is 16.3 Å². The standard InChI is InChI=1S/C30H36ClN3O5S/c1-5-28(30(36)32-22(3)4)33(20-23-12-10-11-15-27(23)31)29(35)21-34(24-13-8-7-9-14-24)40(37,38)26-18-16-25(17-19-26)39-6-2/h7-19,22,28H,5-6,20-21H2,1-4H3,(H,32,36). The maximum Gasteiger partial charge on any atom is 0.264 e. The van der Waals surface area contributed by atoms with Crippen LogP contribution in [-0.4, -0.2) is 50.4 Å². The molecule has 8 nitrogen and oxygen atoms in total. The van der Waals surface area contributed by atoms with Crippen molar-refractivity contribution in [2.45, 2.75) is 57.6 Å². The summed E-state index contributed by atoms with van der Waals surface area (Å²) in [6.07, 6.45) is 0.325. The normalized spacial score (nSPS) is 12.1. The smallest absolute Gasteiger partial charge is 0.264 e. The number of amides is 2. The Morgan fingerprint density at radius 2 is 1.55 bits per heavy atom. The highest BCUT2D eigenvalue weighted by Crippen LogP contribution is 2.26. The molecule has 0 aliphatic heterocycles. The van der Waals surface area contributed by atoms with E-state index in [9.17, 15) is 18.0 Å². The number of nitrogens with zero attached hydrogens (tertiary/aromatic N) is 2. The summed E-state index contributed by atoms with van der Waals surface area (Å²) in [5, 5.41) is 3.32. The Balaban J connectivity index is 2.04. The van der Waals surface area contributed by atoms with Crippen LogP contribution >= 0.6 is 11.6 Å². The number of anilines is 1. The van der Waals surface area contributed by atoms with Gasteiger partial charge in [0, 0.05) is 17.6 Å². The van der Waals surface area contributed by atoms with Crippen LogP contribution in [0.4, 0.5) is 5.69 Å². The van der Waals surface area contributed by atoms with E-state index in [1.165, 1.54) is 17.0 Å². The minimum absolute atomic E-state index is 0.00912. The number of hydrogen-bond donors (Lipinski definition) is 1. The van der Waals surface area contributed by atoms with Crippen molar-refractivity contribution in [3.05, 3.63) is 89.4 Å². The molecule has 10 heteroatoms. The van der Waals surface area contributed by atoms with E-state index in [1.807, 2.05) is 27.7 Å². The molecular formula is C30H36ClN3O5S. The van der Waals surface area contributed by atoms with Crippen LogP contribution in [0.1, 0.15) is 39.7 Å².